The van der Waals surface area contributed by atoms with E-state index in [9.17, 15) is 28.5 Å². The monoisotopic (exact) mass is 920 g/mol. The molecular formula is C50H57N4O11P. The van der Waals surface area contributed by atoms with Gasteiger partial charge in [0.25, 0.3) is 5.91 Å². The van der Waals surface area contributed by atoms with E-state index >= 15 is 0 Å². The zero-order valence-corrected chi connectivity index (χ0v) is 38.4. The Hall–Kier alpha value is -6.54. The van der Waals surface area contributed by atoms with Crippen molar-refractivity contribution in [2.75, 3.05) is 24.7 Å². The van der Waals surface area contributed by atoms with Gasteiger partial charge in [0.05, 0.1) is 49.3 Å². The van der Waals surface area contributed by atoms with E-state index in [1.807, 2.05) is 74.5 Å². The largest absolute Gasteiger partial charge is 0.494 e. The van der Waals surface area contributed by atoms with Gasteiger partial charge in [-0.05, 0) is 91.9 Å². The third-order valence-corrected chi connectivity index (χ3v) is 12.9. The molecule has 15 nitrogen and oxygen atoms in total. The Kier molecular flexibility index (Phi) is 17.9. The highest BCUT2D eigenvalue weighted by atomic mass is 31.2. The Morgan fingerprint density at radius 3 is 2.12 bits per heavy atom. The van der Waals surface area contributed by atoms with Crippen LogP contribution in [0.4, 0.5) is 5.69 Å². The third kappa shape index (κ3) is 13.1. The Labute approximate surface area is 385 Å². The van der Waals surface area contributed by atoms with Gasteiger partial charge >= 0.3 is 13.6 Å². The molecule has 1 aliphatic heterocycles. The summed E-state index contributed by atoms with van der Waals surface area (Å²) >= 11 is 0. The minimum Gasteiger partial charge on any atom is -0.494 e. The van der Waals surface area contributed by atoms with E-state index in [-0.39, 0.29) is 54.6 Å². The van der Waals surface area contributed by atoms with Crippen molar-refractivity contribution in [3.05, 3.63) is 138 Å². The summed E-state index contributed by atoms with van der Waals surface area (Å²) in [5, 5.41) is 6.53. The predicted octanol–water partition coefficient (Wildman–Crippen LogP) is 8.73. The number of rotatable bonds is 25. The molecule has 1 saturated heterocycles. The molecule has 2 N–H and O–H groups in total. The second kappa shape index (κ2) is 24.1. The first kappa shape index (κ1) is 48.9. The van der Waals surface area contributed by atoms with E-state index in [1.165, 1.54) is 18.2 Å². The lowest BCUT2D eigenvalue weighted by atomic mass is 9.90. The highest BCUT2D eigenvalue weighted by Crippen LogP contribution is 2.50. The smallest absolute Gasteiger partial charge is 0.363 e. The van der Waals surface area contributed by atoms with Crippen LogP contribution in [-0.2, 0) is 46.0 Å². The van der Waals surface area contributed by atoms with Crippen molar-refractivity contribution < 1.29 is 51.6 Å². The molecule has 2 atom stereocenters. The molecule has 0 saturated carbocycles. The van der Waals surface area contributed by atoms with Gasteiger partial charge in [0.15, 0.2) is 5.76 Å². The van der Waals surface area contributed by atoms with E-state index in [0.29, 0.717) is 55.8 Å². The molecule has 5 aromatic rings. The Balaban J connectivity index is 1.12. The molecule has 0 unspecified atom stereocenters. The van der Waals surface area contributed by atoms with Gasteiger partial charge in [-0.3, -0.25) is 23.7 Å². The molecule has 0 spiro atoms. The SMILES string of the molecule is CCCCC[C@@H](C(=O)NCNC(=O)c1ccc(-c2cc(OCC)cc(P(=O)(OCc3ccccc3)OCc3ccccc3)c2)o1)[C@@H](CC)N(C=O)OC(=O)c1ccc(N2CCCC2=O)cc1. The first-order valence-corrected chi connectivity index (χ1v) is 23.9. The number of carbonyl (C=O) groups excluding carboxylic acids is 5. The van der Waals surface area contributed by atoms with E-state index in [0.717, 1.165) is 35.5 Å². The second-order valence-electron chi connectivity index (χ2n) is 15.7. The van der Waals surface area contributed by atoms with Crippen molar-refractivity contribution in [1.29, 1.82) is 0 Å². The average molecular weight is 921 g/mol. The number of furan rings is 1. The fourth-order valence-corrected chi connectivity index (χ4v) is 9.19. The number of nitrogens with one attached hydrogen (secondary N) is 2. The summed E-state index contributed by atoms with van der Waals surface area (Å²) in [6.07, 6.45) is 4.69. The van der Waals surface area contributed by atoms with E-state index in [4.69, 9.17) is 23.0 Å². The van der Waals surface area contributed by atoms with Gasteiger partial charge < -0.3 is 38.6 Å². The molecule has 4 aromatic carbocycles. The van der Waals surface area contributed by atoms with Crippen LogP contribution in [0.3, 0.4) is 0 Å². The third-order valence-electron chi connectivity index (χ3n) is 11.1. The molecule has 4 amide bonds. The molecule has 2 heterocycles. The van der Waals surface area contributed by atoms with E-state index in [1.54, 1.807) is 48.2 Å². The number of unbranched alkanes of at least 4 members (excludes halogenated alkanes) is 2. The lowest BCUT2D eigenvalue weighted by Crippen LogP contribution is -2.49. The number of hydrogen-bond acceptors (Lipinski definition) is 11. The highest BCUT2D eigenvalue weighted by molar-refractivity contribution is 7.62. The van der Waals surface area contributed by atoms with Crippen LogP contribution < -0.4 is 25.6 Å². The van der Waals surface area contributed by atoms with Crippen molar-refractivity contribution in [3.63, 3.8) is 0 Å². The van der Waals surface area contributed by atoms with Crippen molar-refractivity contribution in [3.8, 4) is 17.1 Å². The van der Waals surface area contributed by atoms with Crippen LogP contribution in [-0.4, -0.2) is 61.0 Å². The minimum absolute atomic E-state index is 0.0154. The van der Waals surface area contributed by atoms with Crippen molar-refractivity contribution in [2.24, 2.45) is 5.92 Å². The van der Waals surface area contributed by atoms with Crippen LogP contribution in [0.15, 0.2) is 120 Å². The lowest BCUT2D eigenvalue weighted by molar-refractivity contribution is -0.171. The van der Waals surface area contributed by atoms with Crippen LogP contribution in [0.25, 0.3) is 11.3 Å². The van der Waals surface area contributed by atoms with Crippen molar-refractivity contribution in [2.45, 2.75) is 85.0 Å². The number of anilines is 1. The second-order valence-corrected chi connectivity index (χ2v) is 17.7. The summed E-state index contributed by atoms with van der Waals surface area (Å²) < 4.78 is 38.8. The van der Waals surface area contributed by atoms with E-state index in [2.05, 4.69) is 10.6 Å². The maximum atomic E-state index is 14.7. The first-order chi connectivity index (χ1) is 32.0. The normalized spacial score (nSPS) is 13.4. The summed E-state index contributed by atoms with van der Waals surface area (Å²) in [5.41, 5.74) is 2.90. The van der Waals surface area contributed by atoms with Crippen LogP contribution >= 0.6 is 7.60 Å². The zero-order chi connectivity index (χ0) is 46.9. The van der Waals surface area contributed by atoms with Gasteiger partial charge in [0.2, 0.25) is 18.2 Å². The first-order valence-electron chi connectivity index (χ1n) is 22.3. The summed E-state index contributed by atoms with van der Waals surface area (Å²) in [4.78, 5) is 72.2. The minimum atomic E-state index is -4.00. The summed E-state index contributed by atoms with van der Waals surface area (Å²) in [6, 6.07) is 32.2. The lowest BCUT2D eigenvalue weighted by Gasteiger charge is -2.31. The average Bonchev–Trinajstić information content (AvgIpc) is 4.02. The fraction of sp³-hybridized carbons (Fsp3) is 0.340. The van der Waals surface area contributed by atoms with Gasteiger partial charge in [-0.25, -0.2) is 4.79 Å². The molecule has 1 aliphatic rings. The Morgan fingerprint density at radius 2 is 1.53 bits per heavy atom. The van der Waals surface area contributed by atoms with E-state index < -0.39 is 37.3 Å². The van der Waals surface area contributed by atoms with Crippen LogP contribution in [0.1, 0.15) is 97.8 Å². The molecule has 0 radical (unpaired) electrons. The molecule has 16 heteroatoms. The van der Waals surface area contributed by atoms with Gasteiger partial charge in [-0.1, -0.05) is 93.8 Å². The summed E-state index contributed by atoms with van der Waals surface area (Å²) in [5.74, 6) is -2.04. The van der Waals surface area contributed by atoms with Crippen molar-refractivity contribution in [1.82, 2.24) is 15.7 Å². The van der Waals surface area contributed by atoms with Crippen LogP contribution in [0.2, 0.25) is 0 Å². The van der Waals surface area contributed by atoms with Gasteiger partial charge in [-0.2, -0.15) is 5.06 Å². The number of benzene rings is 4. The van der Waals surface area contributed by atoms with Crippen molar-refractivity contribution >= 4 is 48.7 Å². The van der Waals surface area contributed by atoms with Gasteiger partial charge in [-0.15, -0.1) is 0 Å². The number of amides is 4. The Bertz CT molecular complexity index is 2400. The number of carbonyl (C=O) groups is 5. The van der Waals surface area contributed by atoms with Gasteiger partial charge in [0, 0.05) is 24.2 Å². The number of hydrogen-bond donors (Lipinski definition) is 2. The number of nitrogens with zero attached hydrogens (tertiary/aromatic N) is 2. The summed E-state index contributed by atoms with van der Waals surface area (Å²) in [7, 11) is -4.00. The Morgan fingerprint density at radius 1 is 0.848 bits per heavy atom. The summed E-state index contributed by atoms with van der Waals surface area (Å²) in [6.45, 7) is 6.32. The molecule has 1 fully saturated rings. The molecule has 348 valence electrons. The highest BCUT2D eigenvalue weighted by Gasteiger charge is 2.34. The molecule has 0 bridgehead atoms. The molecular weight excluding hydrogens is 864 g/mol. The maximum Gasteiger partial charge on any atom is 0.363 e. The molecule has 1 aromatic heterocycles. The predicted molar refractivity (Wildman–Crippen MR) is 249 cm³/mol. The zero-order valence-electron chi connectivity index (χ0n) is 37.5. The fourth-order valence-electron chi connectivity index (χ4n) is 7.60. The van der Waals surface area contributed by atoms with Crippen LogP contribution in [0.5, 0.6) is 5.75 Å². The number of ether oxygens (including phenoxy) is 1. The molecule has 6 rings (SSSR count). The molecule has 0 aliphatic carbocycles. The number of hydroxylamine groups is 2. The van der Waals surface area contributed by atoms with Crippen LogP contribution in [0, 0.1) is 5.92 Å². The standard InChI is InChI=1S/C50H57N4O11P/c1-4-7-10-20-43(44(5-2)54(35-55)65-50(59)38-22-24-40(25-23-38)53-28-15-21-47(53)56)48(57)51-34-52-49(58)46-27-26-45(64-46)39-29-41(61-6-3)31-42(30-39)66(60,62-32-36-16-11-8-12-17-36)63-33-37-18-13-9-14-19-37/h8-9,11-14,16-19,22-27,29-31,35,43-44H,4-7,10,15,20-21,28,32-34H2,1-3H3,(H,51,57)(H,52,58)/t43-,44-/m1/s1. The van der Waals surface area contributed by atoms with Gasteiger partial charge in [0.1, 0.15) is 11.5 Å². The topological polar surface area (TPSA) is 183 Å². The maximum absolute atomic E-state index is 14.7. The quantitative estimate of drug-likeness (QED) is 0.0188. The molecule has 66 heavy (non-hydrogen) atoms.